The van der Waals surface area contributed by atoms with Crippen LogP contribution in [0.25, 0.3) is 11.3 Å². The Morgan fingerprint density at radius 2 is 1.57 bits per heavy atom. The van der Waals surface area contributed by atoms with Gasteiger partial charge >= 0.3 is 0 Å². The van der Waals surface area contributed by atoms with Gasteiger partial charge in [0.1, 0.15) is 5.25 Å². The molecule has 7 nitrogen and oxygen atoms in total. The number of thiazole rings is 1. The maximum atomic E-state index is 13.5. The van der Waals surface area contributed by atoms with Crippen molar-refractivity contribution in [2.45, 2.75) is 10.1 Å². The molecule has 5 aromatic rings. The fourth-order valence-electron chi connectivity index (χ4n) is 4.09. The average molecular weight is 616 g/mol. The van der Waals surface area contributed by atoms with E-state index in [1.165, 1.54) is 30.2 Å². The minimum atomic E-state index is -0.527. The standard InChI is InChI=1S/C32H26ClN3O4S2/c1-39-27-17-10-22(18-28(27)40-2)30(37)34-24-13-15-25(16-14-24)42-29(21-6-4-3-5-7-21)31(38)36-32-35-26(19-41-32)20-8-11-23(33)12-9-20/h3-19,29H,1-2H3,(H,34,37)(H,35,36,38). The summed E-state index contributed by atoms with van der Waals surface area (Å²) in [5.41, 5.74) is 3.61. The van der Waals surface area contributed by atoms with Crippen LogP contribution in [0.3, 0.4) is 0 Å². The lowest BCUT2D eigenvalue weighted by molar-refractivity contribution is -0.115. The Morgan fingerprint density at radius 3 is 2.26 bits per heavy atom. The number of methoxy groups -OCH3 is 2. The molecule has 0 aliphatic rings. The van der Waals surface area contributed by atoms with Gasteiger partial charge < -0.3 is 20.1 Å². The molecule has 0 saturated heterocycles. The number of rotatable bonds is 10. The van der Waals surface area contributed by atoms with Crippen molar-refractivity contribution in [1.29, 1.82) is 0 Å². The first-order valence-electron chi connectivity index (χ1n) is 12.8. The number of hydrogen-bond donors (Lipinski definition) is 2. The average Bonchev–Trinajstić information content (AvgIpc) is 3.49. The molecule has 5 rings (SSSR count). The molecule has 0 radical (unpaired) electrons. The molecule has 1 heterocycles. The summed E-state index contributed by atoms with van der Waals surface area (Å²) in [6.07, 6.45) is 0. The molecule has 10 heteroatoms. The minimum absolute atomic E-state index is 0.186. The van der Waals surface area contributed by atoms with E-state index >= 15 is 0 Å². The number of amides is 2. The third kappa shape index (κ3) is 7.12. The van der Waals surface area contributed by atoms with Gasteiger partial charge in [-0.2, -0.15) is 0 Å². The summed E-state index contributed by atoms with van der Waals surface area (Å²) in [6, 6.07) is 29.3. The fraction of sp³-hybridized carbons (Fsp3) is 0.0938. The van der Waals surface area contributed by atoms with Gasteiger partial charge in [-0.25, -0.2) is 4.98 Å². The quantitative estimate of drug-likeness (QED) is 0.154. The van der Waals surface area contributed by atoms with E-state index in [2.05, 4.69) is 15.6 Å². The molecule has 0 aliphatic carbocycles. The van der Waals surface area contributed by atoms with Crippen LogP contribution in [0.4, 0.5) is 10.8 Å². The number of carbonyl (C=O) groups is 2. The number of nitrogens with one attached hydrogen (secondary N) is 2. The van der Waals surface area contributed by atoms with Crippen LogP contribution in [0.2, 0.25) is 5.02 Å². The third-order valence-electron chi connectivity index (χ3n) is 6.23. The Bertz CT molecular complexity index is 1680. The number of carbonyl (C=O) groups excluding carboxylic acids is 2. The molecule has 0 bridgehead atoms. The van der Waals surface area contributed by atoms with Crippen LogP contribution in [0, 0.1) is 0 Å². The monoisotopic (exact) mass is 615 g/mol. The van der Waals surface area contributed by atoms with Gasteiger partial charge in [-0.3, -0.25) is 9.59 Å². The normalized spacial score (nSPS) is 11.4. The van der Waals surface area contributed by atoms with Crippen LogP contribution < -0.4 is 20.1 Å². The molecule has 2 amide bonds. The van der Waals surface area contributed by atoms with Crippen molar-refractivity contribution in [1.82, 2.24) is 4.98 Å². The van der Waals surface area contributed by atoms with E-state index in [1.807, 2.05) is 72.1 Å². The van der Waals surface area contributed by atoms with E-state index in [4.69, 9.17) is 21.1 Å². The van der Waals surface area contributed by atoms with Crippen LogP contribution in [0.5, 0.6) is 11.5 Å². The lowest BCUT2D eigenvalue weighted by Crippen LogP contribution is -2.19. The molecule has 0 spiro atoms. The number of halogens is 1. The van der Waals surface area contributed by atoms with Crippen molar-refractivity contribution in [3.8, 4) is 22.8 Å². The van der Waals surface area contributed by atoms with Crippen molar-refractivity contribution < 1.29 is 19.1 Å². The summed E-state index contributed by atoms with van der Waals surface area (Å²) in [5.74, 6) is 0.554. The zero-order chi connectivity index (χ0) is 29.5. The van der Waals surface area contributed by atoms with Crippen LogP contribution in [0.15, 0.2) is 107 Å². The lowest BCUT2D eigenvalue weighted by atomic mass is 10.1. The van der Waals surface area contributed by atoms with Crippen LogP contribution in [-0.2, 0) is 4.79 Å². The van der Waals surface area contributed by atoms with Crippen molar-refractivity contribution in [3.63, 3.8) is 0 Å². The highest BCUT2D eigenvalue weighted by Crippen LogP contribution is 2.37. The summed E-state index contributed by atoms with van der Waals surface area (Å²) in [4.78, 5) is 31.8. The smallest absolute Gasteiger partial charge is 0.255 e. The number of ether oxygens (including phenoxy) is 2. The molecular weight excluding hydrogens is 590 g/mol. The lowest BCUT2D eigenvalue weighted by Gasteiger charge is -2.16. The molecule has 42 heavy (non-hydrogen) atoms. The number of thioether (sulfide) groups is 1. The molecule has 1 aromatic heterocycles. The zero-order valence-corrected chi connectivity index (χ0v) is 25.1. The first-order chi connectivity index (χ1) is 20.4. The molecule has 2 N–H and O–H groups in total. The number of hydrogen-bond acceptors (Lipinski definition) is 7. The summed E-state index contributed by atoms with van der Waals surface area (Å²) < 4.78 is 10.5. The Hall–Kier alpha value is -4.31. The maximum absolute atomic E-state index is 13.5. The second kappa shape index (κ2) is 13.6. The highest BCUT2D eigenvalue weighted by molar-refractivity contribution is 8.00. The van der Waals surface area contributed by atoms with E-state index in [-0.39, 0.29) is 11.8 Å². The Kier molecular flexibility index (Phi) is 9.43. The second-order valence-electron chi connectivity index (χ2n) is 8.99. The van der Waals surface area contributed by atoms with Crippen LogP contribution in [-0.4, -0.2) is 31.0 Å². The van der Waals surface area contributed by atoms with E-state index in [0.717, 1.165) is 21.7 Å². The first-order valence-corrected chi connectivity index (χ1v) is 14.9. The molecule has 0 aliphatic heterocycles. The highest BCUT2D eigenvalue weighted by Gasteiger charge is 2.23. The molecular formula is C32H26ClN3O4S2. The van der Waals surface area contributed by atoms with Crippen molar-refractivity contribution >= 4 is 57.3 Å². The number of nitrogens with zero attached hydrogens (tertiary/aromatic N) is 1. The Balaban J connectivity index is 1.28. The molecule has 4 aromatic carbocycles. The zero-order valence-electron chi connectivity index (χ0n) is 22.7. The van der Waals surface area contributed by atoms with Gasteiger partial charge in [0.25, 0.3) is 5.91 Å². The molecule has 0 saturated carbocycles. The molecule has 212 valence electrons. The maximum Gasteiger partial charge on any atom is 0.255 e. The largest absolute Gasteiger partial charge is 0.493 e. The van der Waals surface area contributed by atoms with E-state index in [0.29, 0.717) is 32.9 Å². The van der Waals surface area contributed by atoms with Gasteiger partial charge in [0.2, 0.25) is 5.91 Å². The van der Waals surface area contributed by atoms with Gasteiger partial charge in [0, 0.05) is 32.1 Å². The Morgan fingerprint density at radius 1 is 0.857 bits per heavy atom. The van der Waals surface area contributed by atoms with Crippen molar-refractivity contribution in [2.75, 3.05) is 24.9 Å². The molecule has 1 unspecified atom stereocenters. The minimum Gasteiger partial charge on any atom is -0.493 e. The van der Waals surface area contributed by atoms with Gasteiger partial charge in [-0.15, -0.1) is 23.1 Å². The van der Waals surface area contributed by atoms with Crippen LogP contribution in [0.1, 0.15) is 21.2 Å². The first kappa shape index (κ1) is 29.2. The predicted octanol–water partition coefficient (Wildman–Crippen LogP) is 8.21. The third-order valence-corrected chi connectivity index (χ3v) is 8.50. The summed E-state index contributed by atoms with van der Waals surface area (Å²) in [5, 5.41) is 8.42. The highest BCUT2D eigenvalue weighted by atomic mass is 35.5. The van der Waals surface area contributed by atoms with Gasteiger partial charge in [0.05, 0.1) is 19.9 Å². The fourth-order valence-corrected chi connectivity index (χ4v) is 5.96. The second-order valence-corrected chi connectivity index (χ2v) is 11.5. The van der Waals surface area contributed by atoms with Crippen LogP contribution >= 0.6 is 34.7 Å². The summed E-state index contributed by atoms with van der Waals surface area (Å²) in [6.45, 7) is 0. The van der Waals surface area contributed by atoms with Crippen molar-refractivity contribution in [3.05, 3.63) is 119 Å². The summed E-state index contributed by atoms with van der Waals surface area (Å²) in [7, 11) is 3.06. The molecule has 1 atom stereocenters. The topological polar surface area (TPSA) is 89.5 Å². The molecule has 0 fully saturated rings. The Labute approximate surface area is 256 Å². The van der Waals surface area contributed by atoms with Gasteiger partial charge in [-0.1, -0.05) is 54.1 Å². The van der Waals surface area contributed by atoms with Crippen molar-refractivity contribution in [2.24, 2.45) is 0 Å². The SMILES string of the molecule is COc1ccc(C(=O)Nc2ccc(SC(C(=O)Nc3nc(-c4ccc(Cl)cc4)cs3)c3ccccc3)cc2)cc1OC. The predicted molar refractivity (Wildman–Crippen MR) is 170 cm³/mol. The van der Waals surface area contributed by atoms with E-state index in [1.54, 1.807) is 37.4 Å². The van der Waals surface area contributed by atoms with Gasteiger partial charge in [-0.05, 0) is 60.2 Å². The number of aromatic nitrogens is 1. The number of benzene rings is 4. The van der Waals surface area contributed by atoms with E-state index in [9.17, 15) is 9.59 Å². The summed E-state index contributed by atoms with van der Waals surface area (Å²) >= 11 is 8.78. The van der Waals surface area contributed by atoms with E-state index < -0.39 is 5.25 Å². The number of anilines is 2. The van der Waals surface area contributed by atoms with Gasteiger partial charge in [0.15, 0.2) is 16.6 Å².